The molecule has 4 heterocycles. The van der Waals surface area contributed by atoms with Crippen LogP contribution in [0.4, 0.5) is 28.8 Å². The van der Waals surface area contributed by atoms with Crippen LogP contribution in [0.25, 0.3) is 0 Å². The number of morpholine rings is 1. The van der Waals surface area contributed by atoms with Crippen molar-refractivity contribution >= 4 is 34.7 Å². The molecule has 1 aromatic carbocycles. The molecule has 8 heteroatoms. The molecule has 2 fully saturated rings. The highest BCUT2D eigenvalue weighted by molar-refractivity contribution is 6.04. The van der Waals surface area contributed by atoms with Crippen molar-refractivity contribution in [2.75, 3.05) is 59.9 Å². The van der Waals surface area contributed by atoms with Crippen LogP contribution >= 0.6 is 0 Å². The average Bonchev–Trinajstić information content (AvgIpc) is 3.24. The predicted octanol–water partition coefficient (Wildman–Crippen LogP) is 2.00. The van der Waals surface area contributed by atoms with Gasteiger partial charge in [-0.1, -0.05) is 0 Å². The standard InChI is InChI=1S/C20H24N6O2/c1-24-17-13-21-20(23-18(17)26-8-2-3-16(26)19(24)27)22-14-4-6-15(7-5-14)25-9-11-28-12-10-25/h4-7,13,16H,2-3,8-12H2,1H3,(H,21,22,23)/t16-/m1/s1. The highest BCUT2D eigenvalue weighted by atomic mass is 16.5. The molecule has 0 aliphatic carbocycles. The van der Waals surface area contributed by atoms with Crippen molar-refractivity contribution in [1.29, 1.82) is 0 Å². The van der Waals surface area contributed by atoms with Gasteiger partial charge < -0.3 is 24.8 Å². The number of hydrogen-bond acceptors (Lipinski definition) is 7. The van der Waals surface area contributed by atoms with Gasteiger partial charge in [-0.15, -0.1) is 0 Å². The Balaban J connectivity index is 1.36. The molecule has 1 aromatic heterocycles. The van der Waals surface area contributed by atoms with Crippen molar-refractivity contribution < 1.29 is 9.53 Å². The van der Waals surface area contributed by atoms with Crippen LogP contribution in [0.5, 0.6) is 0 Å². The summed E-state index contributed by atoms with van der Waals surface area (Å²) in [6.45, 7) is 4.25. The summed E-state index contributed by atoms with van der Waals surface area (Å²) < 4.78 is 5.41. The van der Waals surface area contributed by atoms with Gasteiger partial charge in [-0.05, 0) is 37.1 Å². The van der Waals surface area contributed by atoms with Crippen LogP contribution in [0.1, 0.15) is 12.8 Å². The maximum Gasteiger partial charge on any atom is 0.249 e. The summed E-state index contributed by atoms with van der Waals surface area (Å²) in [6, 6.07) is 8.21. The molecule has 8 nitrogen and oxygen atoms in total. The molecule has 1 atom stereocenters. The molecule has 1 N–H and O–H groups in total. The third-order valence-electron chi connectivity index (χ3n) is 5.75. The zero-order chi connectivity index (χ0) is 19.1. The Morgan fingerprint density at radius 1 is 1.14 bits per heavy atom. The van der Waals surface area contributed by atoms with Gasteiger partial charge in [0.25, 0.3) is 0 Å². The number of carbonyl (C=O) groups excluding carboxylic acids is 1. The van der Waals surface area contributed by atoms with Gasteiger partial charge >= 0.3 is 0 Å². The van der Waals surface area contributed by atoms with E-state index >= 15 is 0 Å². The third kappa shape index (κ3) is 2.93. The lowest BCUT2D eigenvalue weighted by atomic mass is 10.1. The maximum atomic E-state index is 12.5. The fourth-order valence-electron chi connectivity index (χ4n) is 4.20. The van der Waals surface area contributed by atoms with Gasteiger partial charge in [-0.2, -0.15) is 4.98 Å². The molecule has 2 saturated heterocycles. The van der Waals surface area contributed by atoms with E-state index in [4.69, 9.17) is 9.72 Å². The van der Waals surface area contributed by atoms with E-state index in [-0.39, 0.29) is 11.9 Å². The zero-order valence-electron chi connectivity index (χ0n) is 16.0. The normalized spacial score (nSPS) is 21.5. The second kappa shape index (κ2) is 6.94. The smallest absolute Gasteiger partial charge is 0.249 e. The van der Waals surface area contributed by atoms with Crippen LogP contribution in [-0.4, -0.2) is 61.8 Å². The Morgan fingerprint density at radius 3 is 2.71 bits per heavy atom. The van der Waals surface area contributed by atoms with Gasteiger partial charge in [-0.3, -0.25) is 4.79 Å². The molecule has 0 radical (unpaired) electrons. The van der Waals surface area contributed by atoms with E-state index < -0.39 is 0 Å². The summed E-state index contributed by atoms with van der Waals surface area (Å²) in [4.78, 5) is 27.8. The number of nitrogens with one attached hydrogen (secondary N) is 1. The molecule has 146 valence electrons. The first-order valence-corrected chi connectivity index (χ1v) is 9.82. The number of ether oxygens (including phenoxy) is 1. The lowest BCUT2D eigenvalue weighted by Gasteiger charge is -2.36. The molecule has 3 aliphatic rings. The van der Waals surface area contributed by atoms with Crippen LogP contribution < -0.4 is 20.0 Å². The van der Waals surface area contributed by atoms with E-state index in [1.54, 1.807) is 18.1 Å². The molecule has 1 amide bonds. The Kier molecular flexibility index (Phi) is 4.27. The van der Waals surface area contributed by atoms with Crippen LogP contribution in [0.3, 0.4) is 0 Å². The number of benzene rings is 1. The number of anilines is 5. The first-order chi connectivity index (χ1) is 13.7. The van der Waals surface area contributed by atoms with Gasteiger partial charge in [0.15, 0.2) is 5.82 Å². The molecule has 2 aromatic rings. The molecule has 0 spiro atoms. The summed E-state index contributed by atoms with van der Waals surface area (Å²) in [5.74, 6) is 1.52. The number of rotatable bonds is 3. The molecule has 0 unspecified atom stereocenters. The van der Waals surface area contributed by atoms with Crippen LogP contribution in [0.2, 0.25) is 0 Å². The van der Waals surface area contributed by atoms with Gasteiger partial charge in [0.05, 0.1) is 19.4 Å². The quantitative estimate of drug-likeness (QED) is 0.873. The summed E-state index contributed by atoms with van der Waals surface area (Å²) in [5, 5.41) is 3.29. The topological polar surface area (TPSA) is 73.8 Å². The molecule has 28 heavy (non-hydrogen) atoms. The van der Waals surface area contributed by atoms with Crippen molar-refractivity contribution in [1.82, 2.24) is 9.97 Å². The van der Waals surface area contributed by atoms with Crippen molar-refractivity contribution in [3.63, 3.8) is 0 Å². The van der Waals surface area contributed by atoms with Crippen molar-refractivity contribution in [2.45, 2.75) is 18.9 Å². The second-order valence-corrected chi connectivity index (χ2v) is 7.42. The number of likely N-dealkylation sites (N-methyl/N-ethyl adjacent to an activating group) is 1. The molecule has 5 rings (SSSR count). The number of fused-ring (bicyclic) bond motifs is 3. The largest absolute Gasteiger partial charge is 0.378 e. The molecule has 3 aliphatic heterocycles. The van der Waals surface area contributed by atoms with Gasteiger partial charge in [-0.25, -0.2) is 4.98 Å². The maximum absolute atomic E-state index is 12.5. The van der Waals surface area contributed by atoms with E-state index in [1.807, 2.05) is 12.1 Å². The van der Waals surface area contributed by atoms with Gasteiger partial charge in [0, 0.05) is 38.1 Å². The van der Waals surface area contributed by atoms with Crippen LogP contribution in [0, 0.1) is 0 Å². The summed E-state index contributed by atoms with van der Waals surface area (Å²) in [7, 11) is 1.80. The average molecular weight is 380 g/mol. The highest BCUT2D eigenvalue weighted by Gasteiger charge is 2.40. The lowest BCUT2D eigenvalue weighted by molar-refractivity contribution is -0.119. The predicted molar refractivity (Wildman–Crippen MR) is 109 cm³/mol. The minimum atomic E-state index is -0.0898. The van der Waals surface area contributed by atoms with Crippen LogP contribution in [-0.2, 0) is 9.53 Å². The minimum Gasteiger partial charge on any atom is -0.378 e. The number of aromatic nitrogens is 2. The molecular weight excluding hydrogens is 356 g/mol. The number of hydrogen-bond donors (Lipinski definition) is 1. The number of nitrogens with zero attached hydrogens (tertiary/aromatic N) is 5. The summed E-state index contributed by atoms with van der Waals surface area (Å²) in [5.41, 5.74) is 2.91. The highest BCUT2D eigenvalue weighted by Crippen LogP contribution is 2.38. The fraction of sp³-hybridized carbons (Fsp3) is 0.450. The first-order valence-electron chi connectivity index (χ1n) is 9.82. The SMILES string of the molecule is CN1C(=O)[C@H]2CCCN2c2nc(Nc3ccc(N4CCOCC4)cc3)ncc21. The monoisotopic (exact) mass is 380 g/mol. The number of carbonyl (C=O) groups is 1. The van der Waals surface area contributed by atoms with Crippen molar-refractivity contribution in [2.24, 2.45) is 0 Å². The van der Waals surface area contributed by atoms with E-state index in [1.165, 1.54) is 5.69 Å². The molecule has 0 saturated carbocycles. The third-order valence-corrected chi connectivity index (χ3v) is 5.75. The van der Waals surface area contributed by atoms with Gasteiger partial charge in [0.1, 0.15) is 11.7 Å². The van der Waals surface area contributed by atoms with E-state index in [2.05, 4.69) is 32.2 Å². The van der Waals surface area contributed by atoms with Crippen LogP contribution in [0.15, 0.2) is 30.5 Å². The van der Waals surface area contributed by atoms with E-state index in [0.717, 1.165) is 62.9 Å². The Morgan fingerprint density at radius 2 is 1.93 bits per heavy atom. The summed E-state index contributed by atoms with van der Waals surface area (Å²) in [6.07, 6.45) is 3.64. The van der Waals surface area contributed by atoms with Gasteiger partial charge in [0.2, 0.25) is 11.9 Å². The van der Waals surface area contributed by atoms with Crippen molar-refractivity contribution in [3.05, 3.63) is 30.5 Å². The molecular formula is C20H24N6O2. The first kappa shape index (κ1) is 17.2. The second-order valence-electron chi connectivity index (χ2n) is 7.42. The fourth-order valence-corrected chi connectivity index (χ4v) is 4.20. The summed E-state index contributed by atoms with van der Waals surface area (Å²) >= 11 is 0. The molecule has 0 bridgehead atoms. The Hall–Kier alpha value is -2.87. The van der Waals surface area contributed by atoms with E-state index in [9.17, 15) is 4.79 Å². The Labute approximate surface area is 164 Å². The zero-order valence-corrected chi connectivity index (χ0v) is 16.0. The minimum absolute atomic E-state index is 0.0898. The number of amides is 1. The Bertz CT molecular complexity index is 881. The van der Waals surface area contributed by atoms with Crippen molar-refractivity contribution in [3.8, 4) is 0 Å². The van der Waals surface area contributed by atoms with E-state index in [0.29, 0.717) is 5.95 Å². The lowest BCUT2D eigenvalue weighted by Crippen LogP contribution is -2.49.